The average Bonchev–Trinajstić information content (AvgIpc) is 2.28. The molecule has 0 atom stereocenters. The van der Waals surface area contributed by atoms with Crippen LogP contribution in [0, 0.1) is 0 Å². The van der Waals surface area contributed by atoms with E-state index in [-0.39, 0.29) is 18.1 Å². The van der Waals surface area contributed by atoms with E-state index in [1.807, 2.05) is 0 Å². The van der Waals surface area contributed by atoms with Gasteiger partial charge in [-0.2, -0.15) is 0 Å². The molecular formula is C11H12Cl2O3. The Bertz CT molecular complexity index is 391. The number of ether oxygens (including phenoxy) is 2. The molecule has 0 N–H and O–H groups in total. The first-order valence-corrected chi connectivity index (χ1v) is 5.56. The fraction of sp³-hybridized carbons (Fsp3) is 0.364. The monoisotopic (exact) mass is 262 g/mol. The summed E-state index contributed by atoms with van der Waals surface area (Å²) in [6, 6.07) is 3.12. The highest BCUT2D eigenvalue weighted by atomic mass is 35.5. The van der Waals surface area contributed by atoms with Gasteiger partial charge in [-0.1, -0.05) is 11.6 Å². The number of alkyl halides is 1. The Morgan fingerprint density at radius 3 is 2.31 bits per heavy atom. The lowest BCUT2D eigenvalue weighted by molar-refractivity contribution is 0.0989. The molecular weight excluding hydrogens is 251 g/mol. The van der Waals surface area contributed by atoms with Crippen LogP contribution < -0.4 is 9.47 Å². The molecule has 0 spiro atoms. The summed E-state index contributed by atoms with van der Waals surface area (Å²) in [7, 11) is 3.01. The number of hydrogen-bond acceptors (Lipinski definition) is 3. The third-order valence-electron chi connectivity index (χ3n) is 2.10. The molecule has 0 amide bonds. The molecule has 1 rings (SSSR count). The number of carbonyl (C=O) groups is 1. The lowest BCUT2D eigenvalue weighted by Gasteiger charge is -2.10. The van der Waals surface area contributed by atoms with Gasteiger partial charge in [0.15, 0.2) is 17.3 Å². The van der Waals surface area contributed by atoms with Gasteiger partial charge >= 0.3 is 0 Å². The van der Waals surface area contributed by atoms with Gasteiger partial charge in [0.25, 0.3) is 0 Å². The topological polar surface area (TPSA) is 35.5 Å². The van der Waals surface area contributed by atoms with Crippen molar-refractivity contribution in [1.82, 2.24) is 0 Å². The van der Waals surface area contributed by atoms with Crippen LogP contribution in [-0.4, -0.2) is 25.9 Å². The molecule has 0 bridgehead atoms. The van der Waals surface area contributed by atoms with Crippen LogP contribution in [0.1, 0.15) is 16.8 Å². The molecule has 0 unspecified atom stereocenters. The van der Waals surface area contributed by atoms with E-state index in [4.69, 9.17) is 32.7 Å². The van der Waals surface area contributed by atoms with Crippen LogP contribution in [0.4, 0.5) is 0 Å². The fourth-order valence-corrected chi connectivity index (χ4v) is 1.72. The van der Waals surface area contributed by atoms with Crippen LogP contribution in [0.3, 0.4) is 0 Å². The summed E-state index contributed by atoms with van der Waals surface area (Å²) in [6.45, 7) is 0. The van der Waals surface area contributed by atoms with Gasteiger partial charge in [-0.15, -0.1) is 11.6 Å². The van der Waals surface area contributed by atoms with E-state index in [0.29, 0.717) is 22.1 Å². The number of Topliss-reactive ketones (excluding diaryl/α,β-unsaturated/α-hetero) is 1. The van der Waals surface area contributed by atoms with E-state index in [0.717, 1.165) is 0 Å². The number of rotatable bonds is 5. The molecule has 0 saturated carbocycles. The van der Waals surface area contributed by atoms with E-state index in [1.54, 1.807) is 12.1 Å². The van der Waals surface area contributed by atoms with Crippen molar-refractivity contribution in [3.8, 4) is 11.5 Å². The molecule has 16 heavy (non-hydrogen) atoms. The lowest BCUT2D eigenvalue weighted by Crippen LogP contribution is -2.02. The summed E-state index contributed by atoms with van der Waals surface area (Å²) in [5.74, 6) is 1.13. The first-order valence-electron chi connectivity index (χ1n) is 4.64. The molecule has 3 nitrogen and oxygen atoms in total. The summed E-state index contributed by atoms with van der Waals surface area (Å²) in [4.78, 5) is 11.7. The van der Waals surface area contributed by atoms with Crippen LogP contribution in [0.15, 0.2) is 12.1 Å². The summed E-state index contributed by atoms with van der Waals surface area (Å²) in [5, 5.41) is 0.341. The summed E-state index contributed by atoms with van der Waals surface area (Å²) < 4.78 is 10.2. The second-order valence-corrected chi connectivity index (χ2v) is 3.83. The quantitative estimate of drug-likeness (QED) is 0.604. The first-order chi connectivity index (χ1) is 7.63. The van der Waals surface area contributed by atoms with Crippen LogP contribution in [0.2, 0.25) is 5.02 Å². The second kappa shape index (κ2) is 5.97. The van der Waals surface area contributed by atoms with Gasteiger partial charge in [0.2, 0.25) is 0 Å². The van der Waals surface area contributed by atoms with Crippen molar-refractivity contribution >= 4 is 29.0 Å². The van der Waals surface area contributed by atoms with E-state index in [2.05, 4.69) is 0 Å². The molecule has 0 fully saturated rings. The summed E-state index contributed by atoms with van der Waals surface area (Å²) in [5.41, 5.74) is 0.403. The molecule has 5 heteroatoms. The van der Waals surface area contributed by atoms with E-state index < -0.39 is 0 Å². The van der Waals surface area contributed by atoms with Crippen molar-refractivity contribution < 1.29 is 14.3 Å². The van der Waals surface area contributed by atoms with Crippen LogP contribution in [-0.2, 0) is 0 Å². The molecule has 88 valence electrons. The highest BCUT2D eigenvalue weighted by Gasteiger charge is 2.15. The van der Waals surface area contributed by atoms with Crippen molar-refractivity contribution in [2.45, 2.75) is 6.42 Å². The Kier molecular flexibility index (Phi) is 4.90. The fourth-order valence-electron chi connectivity index (χ4n) is 1.29. The van der Waals surface area contributed by atoms with Crippen LogP contribution in [0.5, 0.6) is 11.5 Å². The van der Waals surface area contributed by atoms with Crippen LogP contribution >= 0.6 is 23.2 Å². The van der Waals surface area contributed by atoms with Crippen molar-refractivity contribution in [3.05, 3.63) is 22.7 Å². The van der Waals surface area contributed by atoms with Crippen LogP contribution in [0.25, 0.3) is 0 Å². The van der Waals surface area contributed by atoms with Crippen molar-refractivity contribution in [3.63, 3.8) is 0 Å². The van der Waals surface area contributed by atoms with Gasteiger partial charge < -0.3 is 9.47 Å². The smallest absolute Gasteiger partial charge is 0.165 e. The molecule has 0 aliphatic heterocycles. The maximum Gasteiger partial charge on any atom is 0.165 e. The molecule has 0 aliphatic carbocycles. The van der Waals surface area contributed by atoms with Gasteiger partial charge in [0, 0.05) is 23.9 Å². The largest absolute Gasteiger partial charge is 0.493 e. The number of hydrogen-bond donors (Lipinski definition) is 0. The summed E-state index contributed by atoms with van der Waals surface area (Å²) in [6.07, 6.45) is 0.247. The van der Waals surface area contributed by atoms with Gasteiger partial charge in [-0.3, -0.25) is 4.79 Å². The normalized spacial score (nSPS) is 10.0. The Morgan fingerprint density at radius 2 is 1.81 bits per heavy atom. The predicted octanol–water partition coefficient (Wildman–Crippen LogP) is 3.17. The molecule has 1 aromatic carbocycles. The van der Waals surface area contributed by atoms with Crippen molar-refractivity contribution in [2.24, 2.45) is 0 Å². The number of benzene rings is 1. The average molecular weight is 263 g/mol. The minimum atomic E-state index is -0.110. The standard InChI is InChI=1S/C11H12Cl2O3/c1-15-10-5-7(9(14)3-4-12)8(13)6-11(10)16-2/h5-6H,3-4H2,1-2H3. The van der Waals surface area contributed by atoms with Gasteiger partial charge in [0.05, 0.1) is 19.2 Å². The minimum Gasteiger partial charge on any atom is -0.493 e. The highest BCUT2D eigenvalue weighted by Crippen LogP contribution is 2.33. The minimum absolute atomic E-state index is 0.110. The summed E-state index contributed by atoms with van der Waals surface area (Å²) >= 11 is 11.5. The number of carbonyl (C=O) groups excluding carboxylic acids is 1. The zero-order chi connectivity index (χ0) is 12.1. The number of halogens is 2. The molecule has 1 aromatic rings. The number of methoxy groups -OCH3 is 2. The maximum absolute atomic E-state index is 11.7. The first kappa shape index (κ1) is 13.1. The molecule has 0 saturated heterocycles. The van der Waals surface area contributed by atoms with Gasteiger partial charge in [-0.25, -0.2) is 0 Å². The van der Waals surface area contributed by atoms with E-state index in [9.17, 15) is 4.79 Å². The molecule has 0 radical (unpaired) electrons. The molecule has 0 heterocycles. The lowest BCUT2D eigenvalue weighted by atomic mass is 10.1. The third kappa shape index (κ3) is 2.80. The molecule has 0 aliphatic rings. The SMILES string of the molecule is COc1cc(Cl)c(C(=O)CCCl)cc1OC. The molecule has 0 aromatic heterocycles. The Labute approximate surface area is 104 Å². The van der Waals surface area contributed by atoms with E-state index in [1.165, 1.54) is 14.2 Å². The highest BCUT2D eigenvalue weighted by molar-refractivity contribution is 6.34. The Balaban J connectivity index is 3.15. The predicted molar refractivity (Wildman–Crippen MR) is 64.2 cm³/mol. The van der Waals surface area contributed by atoms with E-state index >= 15 is 0 Å². The number of ketones is 1. The second-order valence-electron chi connectivity index (χ2n) is 3.05. The Morgan fingerprint density at radius 1 is 1.25 bits per heavy atom. The third-order valence-corrected chi connectivity index (χ3v) is 2.60. The van der Waals surface area contributed by atoms with Gasteiger partial charge in [0.1, 0.15) is 0 Å². The zero-order valence-corrected chi connectivity index (χ0v) is 10.6. The van der Waals surface area contributed by atoms with Gasteiger partial charge in [-0.05, 0) is 6.07 Å². The van der Waals surface area contributed by atoms with Crippen molar-refractivity contribution in [1.29, 1.82) is 0 Å². The maximum atomic E-state index is 11.7. The Hall–Kier alpha value is -0.930. The zero-order valence-electron chi connectivity index (χ0n) is 9.05. The van der Waals surface area contributed by atoms with Crippen molar-refractivity contribution in [2.75, 3.05) is 20.1 Å².